The fourth-order valence-corrected chi connectivity index (χ4v) is 2.48. The number of alkyl halides is 2. The fraction of sp³-hybridized carbons (Fsp3) is 0.0625. The Morgan fingerprint density at radius 2 is 2.08 bits per heavy atom. The monoisotopic (exact) mass is 346 g/mol. The van der Waals surface area contributed by atoms with E-state index in [1.165, 1.54) is 12.1 Å². The van der Waals surface area contributed by atoms with Gasteiger partial charge in [0.15, 0.2) is 5.75 Å². The second-order valence-electron chi connectivity index (χ2n) is 5.01. The van der Waals surface area contributed by atoms with E-state index in [-0.39, 0.29) is 39.0 Å². The Kier molecular flexibility index (Phi) is 4.02. The molecule has 126 valence electrons. The first kappa shape index (κ1) is 16.3. The fourth-order valence-electron chi connectivity index (χ4n) is 2.48. The molecule has 0 saturated heterocycles. The normalized spacial score (nSPS) is 10.8. The molecule has 0 aliphatic heterocycles. The number of nitrogens with one attached hydrogen (secondary N) is 1. The van der Waals surface area contributed by atoms with Gasteiger partial charge in [0.2, 0.25) is 5.91 Å². The molecule has 25 heavy (non-hydrogen) atoms. The van der Waals surface area contributed by atoms with Gasteiger partial charge < -0.3 is 10.5 Å². The van der Waals surface area contributed by atoms with Gasteiger partial charge in [-0.05, 0) is 24.3 Å². The Morgan fingerprint density at radius 3 is 2.72 bits per heavy atom. The number of aromatic nitrogens is 2. The van der Waals surface area contributed by atoms with Crippen LogP contribution >= 0.6 is 0 Å². The number of carbonyl (C=O) groups is 1. The van der Waals surface area contributed by atoms with E-state index in [4.69, 9.17) is 11.0 Å². The van der Waals surface area contributed by atoms with Crippen LogP contribution in [0.15, 0.2) is 30.3 Å². The zero-order valence-corrected chi connectivity index (χ0v) is 12.4. The number of fused-ring (bicyclic) bond motifs is 1. The number of H-pyrrole nitrogens is 1. The predicted molar refractivity (Wildman–Crippen MR) is 81.4 cm³/mol. The molecule has 0 bridgehead atoms. The lowest BCUT2D eigenvalue weighted by atomic mass is 10.00. The summed E-state index contributed by atoms with van der Waals surface area (Å²) in [7, 11) is 0. The molecule has 3 aromatic rings. The topological polar surface area (TPSA) is 105 Å². The molecule has 0 unspecified atom stereocenters. The van der Waals surface area contributed by atoms with Crippen LogP contribution in [0.5, 0.6) is 5.75 Å². The summed E-state index contributed by atoms with van der Waals surface area (Å²) in [5.74, 6) is -1.75. The highest BCUT2D eigenvalue weighted by atomic mass is 19.3. The van der Waals surface area contributed by atoms with Crippen LogP contribution in [0, 0.1) is 17.1 Å². The number of primary amides is 1. The molecule has 0 saturated carbocycles. The van der Waals surface area contributed by atoms with Crippen LogP contribution in [-0.2, 0) is 0 Å². The summed E-state index contributed by atoms with van der Waals surface area (Å²) in [5, 5.41) is 15.8. The highest BCUT2D eigenvalue weighted by molar-refractivity contribution is 6.05. The first-order chi connectivity index (χ1) is 11.9. The van der Waals surface area contributed by atoms with Gasteiger partial charge in [-0.15, -0.1) is 0 Å². The molecule has 0 aliphatic carbocycles. The van der Waals surface area contributed by atoms with E-state index in [9.17, 15) is 18.0 Å². The van der Waals surface area contributed by atoms with E-state index >= 15 is 0 Å². The largest absolute Gasteiger partial charge is 0.432 e. The van der Waals surface area contributed by atoms with E-state index in [2.05, 4.69) is 14.9 Å². The molecular formula is C16H9F3N4O2. The van der Waals surface area contributed by atoms with Gasteiger partial charge >= 0.3 is 6.61 Å². The lowest BCUT2D eigenvalue weighted by Gasteiger charge is -2.07. The Morgan fingerprint density at radius 1 is 1.32 bits per heavy atom. The van der Waals surface area contributed by atoms with Crippen molar-refractivity contribution in [3.8, 4) is 23.1 Å². The SMILES string of the molecule is N#Cc1cc(OC(F)F)c2[nH]nc(-c3cc(F)ccc3C(N)=O)c2c1. The summed E-state index contributed by atoms with van der Waals surface area (Å²) in [4.78, 5) is 11.6. The van der Waals surface area contributed by atoms with Crippen molar-refractivity contribution in [3.05, 3.63) is 47.3 Å². The second-order valence-corrected chi connectivity index (χ2v) is 5.01. The number of rotatable bonds is 4. The van der Waals surface area contributed by atoms with Gasteiger partial charge in [0, 0.05) is 22.6 Å². The van der Waals surface area contributed by atoms with Crippen LogP contribution in [-0.4, -0.2) is 22.7 Å². The van der Waals surface area contributed by atoms with Crippen LogP contribution in [0.25, 0.3) is 22.2 Å². The number of nitrogens with zero attached hydrogens (tertiary/aromatic N) is 2. The molecule has 0 radical (unpaired) electrons. The Hall–Kier alpha value is -3.54. The number of carbonyl (C=O) groups excluding carboxylic acids is 1. The molecule has 0 aliphatic rings. The minimum atomic E-state index is -3.11. The minimum absolute atomic E-state index is 0.00603. The molecule has 0 atom stereocenters. The number of hydrogen-bond donors (Lipinski definition) is 2. The summed E-state index contributed by atoms with van der Waals surface area (Å²) in [6, 6.07) is 7.60. The molecule has 9 heteroatoms. The number of halogens is 3. The standard InChI is InChI=1S/C16H9F3N4O2/c17-8-1-2-9(15(21)24)10(5-8)13-11-3-7(6-20)4-12(25-16(18)19)14(11)23-22-13/h1-5,16H,(H2,21,24)(H,22,23). The highest BCUT2D eigenvalue weighted by Crippen LogP contribution is 2.35. The maximum atomic E-state index is 13.6. The lowest BCUT2D eigenvalue weighted by Crippen LogP contribution is -2.12. The Labute approximate surface area is 138 Å². The molecule has 2 aromatic carbocycles. The number of benzene rings is 2. The number of amides is 1. The average molecular weight is 346 g/mol. The predicted octanol–water partition coefficient (Wildman–Crippen LogP) is 2.94. The van der Waals surface area contributed by atoms with Gasteiger partial charge in [0.1, 0.15) is 17.0 Å². The minimum Gasteiger partial charge on any atom is -0.432 e. The molecule has 1 amide bonds. The van der Waals surface area contributed by atoms with Gasteiger partial charge in [-0.1, -0.05) is 0 Å². The zero-order valence-electron chi connectivity index (χ0n) is 12.4. The van der Waals surface area contributed by atoms with E-state index in [0.29, 0.717) is 0 Å². The van der Waals surface area contributed by atoms with E-state index in [1.54, 1.807) is 0 Å². The molecule has 1 aromatic heterocycles. The summed E-state index contributed by atoms with van der Waals surface area (Å²) in [6.45, 7) is -3.11. The van der Waals surface area contributed by atoms with Crippen molar-refractivity contribution in [3.63, 3.8) is 0 Å². The van der Waals surface area contributed by atoms with Gasteiger partial charge in [-0.3, -0.25) is 9.89 Å². The van der Waals surface area contributed by atoms with Crippen molar-refractivity contribution < 1.29 is 22.7 Å². The number of nitrogens with two attached hydrogens (primary N) is 1. The smallest absolute Gasteiger partial charge is 0.387 e. The van der Waals surface area contributed by atoms with Crippen molar-refractivity contribution in [2.75, 3.05) is 0 Å². The summed E-state index contributed by atoms with van der Waals surface area (Å²) in [5.41, 5.74) is 5.54. The van der Waals surface area contributed by atoms with Crippen molar-refractivity contribution in [1.82, 2.24) is 10.2 Å². The molecule has 0 fully saturated rings. The summed E-state index contributed by atoms with van der Waals surface area (Å²) >= 11 is 0. The van der Waals surface area contributed by atoms with Gasteiger partial charge in [-0.2, -0.15) is 19.1 Å². The lowest BCUT2D eigenvalue weighted by molar-refractivity contribution is -0.0489. The van der Waals surface area contributed by atoms with Crippen LogP contribution in [0.3, 0.4) is 0 Å². The van der Waals surface area contributed by atoms with Crippen molar-refractivity contribution in [2.45, 2.75) is 6.61 Å². The first-order valence-corrected chi connectivity index (χ1v) is 6.87. The van der Waals surface area contributed by atoms with Gasteiger partial charge in [0.05, 0.1) is 11.6 Å². The van der Waals surface area contributed by atoms with Crippen LogP contribution in [0.4, 0.5) is 13.2 Å². The quantitative estimate of drug-likeness (QED) is 0.758. The van der Waals surface area contributed by atoms with E-state index in [0.717, 1.165) is 18.2 Å². The van der Waals surface area contributed by atoms with Gasteiger partial charge in [0.25, 0.3) is 0 Å². The van der Waals surface area contributed by atoms with Crippen molar-refractivity contribution >= 4 is 16.8 Å². The second kappa shape index (κ2) is 6.16. The van der Waals surface area contributed by atoms with Crippen molar-refractivity contribution in [2.24, 2.45) is 5.73 Å². The summed E-state index contributed by atoms with van der Waals surface area (Å²) < 4.78 is 43.2. The van der Waals surface area contributed by atoms with E-state index < -0.39 is 18.3 Å². The van der Waals surface area contributed by atoms with Crippen LogP contribution < -0.4 is 10.5 Å². The number of ether oxygens (including phenoxy) is 1. The molecule has 3 rings (SSSR count). The Bertz CT molecular complexity index is 1020. The maximum Gasteiger partial charge on any atom is 0.387 e. The average Bonchev–Trinajstić information content (AvgIpc) is 2.97. The van der Waals surface area contributed by atoms with Gasteiger partial charge in [-0.25, -0.2) is 4.39 Å². The highest BCUT2D eigenvalue weighted by Gasteiger charge is 2.20. The zero-order chi connectivity index (χ0) is 18.1. The number of nitriles is 1. The molecular weight excluding hydrogens is 337 g/mol. The molecule has 1 heterocycles. The molecule has 6 nitrogen and oxygen atoms in total. The van der Waals surface area contributed by atoms with Crippen LogP contribution in [0.2, 0.25) is 0 Å². The third kappa shape index (κ3) is 2.97. The summed E-state index contributed by atoms with van der Waals surface area (Å²) in [6.07, 6.45) is 0. The van der Waals surface area contributed by atoms with Crippen LogP contribution in [0.1, 0.15) is 15.9 Å². The number of hydrogen-bond acceptors (Lipinski definition) is 4. The van der Waals surface area contributed by atoms with Crippen molar-refractivity contribution in [1.29, 1.82) is 5.26 Å². The van der Waals surface area contributed by atoms with E-state index in [1.807, 2.05) is 6.07 Å². The first-order valence-electron chi connectivity index (χ1n) is 6.87. The maximum absolute atomic E-state index is 13.6. The molecule has 0 spiro atoms. The Balaban J connectivity index is 2.31. The number of aromatic amines is 1. The third-order valence-electron chi connectivity index (χ3n) is 3.48. The molecule has 3 N–H and O–H groups in total. The third-order valence-corrected chi connectivity index (χ3v) is 3.48.